The molecule has 14 heavy (non-hydrogen) atoms. The number of carbonyl (C=O) groups is 1. The summed E-state index contributed by atoms with van der Waals surface area (Å²) < 4.78 is 39.0. The highest BCUT2D eigenvalue weighted by Gasteiger charge is 2.34. The number of rotatable bonds is 2. The number of aromatic carboxylic acids is 1. The van der Waals surface area contributed by atoms with Gasteiger partial charge in [0.05, 0.1) is 4.47 Å². The number of hydrogen-bond donors (Lipinski definition) is 1. The molecule has 0 spiro atoms. The van der Waals surface area contributed by atoms with E-state index in [4.69, 9.17) is 5.11 Å². The SMILES string of the molecule is O=C(O)c1scc(Br)c1OC(F)(F)F. The molecule has 0 saturated heterocycles. The number of halogens is 4. The van der Waals surface area contributed by atoms with Crippen LogP contribution in [0, 0.1) is 0 Å². The van der Waals surface area contributed by atoms with E-state index in [9.17, 15) is 18.0 Å². The van der Waals surface area contributed by atoms with E-state index in [1.54, 1.807) is 0 Å². The average Bonchev–Trinajstić information content (AvgIpc) is 2.29. The Hall–Kier alpha value is -0.760. The van der Waals surface area contributed by atoms with E-state index in [0.717, 1.165) is 0 Å². The highest BCUT2D eigenvalue weighted by Crippen LogP contribution is 2.38. The van der Waals surface area contributed by atoms with E-state index in [2.05, 4.69) is 20.7 Å². The Labute approximate surface area is 88.2 Å². The second-order valence-electron chi connectivity index (χ2n) is 2.09. The molecule has 0 aromatic carbocycles. The first kappa shape index (κ1) is 11.3. The summed E-state index contributed by atoms with van der Waals surface area (Å²) >= 11 is 3.41. The Morgan fingerprint density at radius 2 is 2.14 bits per heavy atom. The van der Waals surface area contributed by atoms with Crippen LogP contribution in [0.25, 0.3) is 0 Å². The van der Waals surface area contributed by atoms with Crippen LogP contribution >= 0.6 is 27.3 Å². The van der Waals surface area contributed by atoms with Gasteiger partial charge >= 0.3 is 12.3 Å². The van der Waals surface area contributed by atoms with Crippen molar-refractivity contribution in [2.24, 2.45) is 0 Å². The lowest BCUT2D eigenvalue weighted by atomic mass is 10.4. The van der Waals surface area contributed by atoms with Crippen LogP contribution in [0.3, 0.4) is 0 Å². The average molecular weight is 291 g/mol. The van der Waals surface area contributed by atoms with Gasteiger partial charge in [-0.25, -0.2) is 4.79 Å². The van der Waals surface area contributed by atoms with Crippen LogP contribution in [-0.4, -0.2) is 17.4 Å². The van der Waals surface area contributed by atoms with Crippen LogP contribution in [0.2, 0.25) is 0 Å². The van der Waals surface area contributed by atoms with E-state index < -0.39 is 23.0 Å². The molecule has 3 nitrogen and oxygen atoms in total. The smallest absolute Gasteiger partial charge is 0.477 e. The summed E-state index contributed by atoms with van der Waals surface area (Å²) in [5.41, 5.74) is 0. The molecule has 0 aliphatic carbocycles. The Bertz CT molecular complexity index is 360. The maximum atomic E-state index is 11.8. The first-order valence-electron chi connectivity index (χ1n) is 3.07. The van der Waals surface area contributed by atoms with E-state index in [1.165, 1.54) is 5.38 Å². The number of alkyl halides is 3. The number of carboxylic acid groups (broad SMARTS) is 1. The Balaban J connectivity index is 3.06. The predicted octanol–water partition coefficient (Wildman–Crippen LogP) is 3.11. The third-order valence-electron chi connectivity index (χ3n) is 1.12. The lowest BCUT2D eigenvalue weighted by molar-refractivity contribution is -0.274. The van der Waals surface area contributed by atoms with Crippen molar-refractivity contribution in [3.8, 4) is 5.75 Å². The number of ether oxygens (including phenoxy) is 1. The Morgan fingerprint density at radius 1 is 1.57 bits per heavy atom. The fourth-order valence-electron chi connectivity index (χ4n) is 0.685. The Morgan fingerprint density at radius 3 is 2.57 bits per heavy atom. The quantitative estimate of drug-likeness (QED) is 0.910. The van der Waals surface area contributed by atoms with Crippen LogP contribution in [0.15, 0.2) is 9.85 Å². The van der Waals surface area contributed by atoms with Crippen molar-refractivity contribution in [2.75, 3.05) is 0 Å². The van der Waals surface area contributed by atoms with Crippen molar-refractivity contribution < 1.29 is 27.8 Å². The Kier molecular flexibility index (Phi) is 3.05. The van der Waals surface area contributed by atoms with E-state index in [0.29, 0.717) is 11.3 Å². The van der Waals surface area contributed by atoms with Crippen molar-refractivity contribution >= 4 is 33.2 Å². The molecule has 0 aliphatic heterocycles. The van der Waals surface area contributed by atoms with Crippen LogP contribution < -0.4 is 4.74 Å². The third-order valence-corrected chi connectivity index (χ3v) is 2.96. The molecule has 8 heteroatoms. The number of thiophene rings is 1. The van der Waals surface area contributed by atoms with Crippen molar-refractivity contribution in [3.05, 3.63) is 14.7 Å². The van der Waals surface area contributed by atoms with Gasteiger partial charge in [-0.15, -0.1) is 24.5 Å². The second kappa shape index (κ2) is 3.77. The maximum absolute atomic E-state index is 11.8. The topological polar surface area (TPSA) is 46.5 Å². The molecule has 1 N–H and O–H groups in total. The fourth-order valence-corrected chi connectivity index (χ4v) is 2.06. The summed E-state index contributed by atoms with van der Waals surface area (Å²) in [6.07, 6.45) is -4.90. The molecule has 1 rings (SSSR count). The molecular formula is C6H2BrF3O3S. The zero-order valence-corrected chi connectivity index (χ0v) is 8.66. The molecule has 0 bridgehead atoms. The second-order valence-corrected chi connectivity index (χ2v) is 3.83. The van der Waals surface area contributed by atoms with Gasteiger partial charge in [-0.05, 0) is 15.9 Å². The lowest BCUT2D eigenvalue weighted by Gasteiger charge is -2.08. The van der Waals surface area contributed by atoms with Gasteiger partial charge in [-0.1, -0.05) is 0 Å². The van der Waals surface area contributed by atoms with Gasteiger partial charge in [0.25, 0.3) is 0 Å². The van der Waals surface area contributed by atoms with Crippen molar-refractivity contribution in [2.45, 2.75) is 6.36 Å². The molecule has 1 aromatic rings. The monoisotopic (exact) mass is 290 g/mol. The van der Waals surface area contributed by atoms with Crippen molar-refractivity contribution in [3.63, 3.8) is 0 Å². The molecule has 78 valence electrons. The molecule has 1 heterocycles. The molecule has 0 radical (unpaired) electrons. The molecule has 0 amide bonds. The highest BCUT2D eigenvalue weighted by atomic mass is 79.9. The van der Waals surface area contributed by atoms with E-state index in [-0.39, 0.29) is 4.47 Å². The van der Waals surface area contributed by atoms with Crippen molar-refractivity contribution in [1.82, 2.24) is 0 Å². The normalized spacial score (nSPS) is 11.4. The largest absolute Gasteiger partial charge is 0.573 e. The summed E-state index contributed by atoms with van der Waals surface area (Å²) in [6, 6.07) is 0. The number of hydrogen-bond acceptors (Lipinski definition) is 3. The van der Waals surface area contributed by atoms with Crippen LogP contribution in [0.4, 0.5) is 13.2 Å². The van der Waals surface area contributed by atoms with E-state index in [1.807, 2.05) is 0 Å². The van der Waals surface area contributed by atoms with Gasteiger partial charge in [0.1, 0.15) is 0 Å². The van der Waals surface area contributed by atoms with Gasteiger partial charge < -0.3 is 9.84 Å². The molecule has 0 aliphatic rings. The summed E-state index contributed by atoms with van der Waals surface area (Å²) in [5, 5.41) is 9.73. The summed E-state index contributed by atoms with van der Waals surface area (Å²) in [7, 11) is 0. The lowest BCUT2D eigenvalue weighted by Crippen LogP contribution is -2.18. The highest BCUT2D eigenvalue weighted by molar-refractivity contribution is 9.10. The molecule has 1 aromatic heterocycles. The molecule has 0 fully saturated rings. The number of carboxylic acids is 1. The summed E-state index contributed by atoms with van der Waals surface area (Å²) in [6.45, 7) is 0. The van der Waals surface area contributed by atoms with Crippen molar-refractivity contribution in [1.29, 1.82) is 0 Å². The standard InChI is InChI=1S/C6H2BrF3O3S/c7-2-1-14-4(5(11)12)3(2)13-6(8,9)10/h1H,(H,11,12). The van der Waals surface area contributed by atoms with Gasteiger partial charge in [0, 0.05) is 5.38 Å². The third kappa shape index (κ3) is 2.61. The zero-order chi connectivity index (χ0) is 10.9. The van der Waals surface area contributed by atoms with E-state index >= 15 is 0 Å². The minimum absolute atomic E-state index is 0.0303. The first-order valence-corrected chi connectivity index (χ1v) is 4.74. The summed E-state index contributed by atoms with van der Waals surface area (Å²) in [4.78, 5) is 9.97. The minimum atomic E-state index is -4.90. The zero-order valence-electron chi connectivity index (χ0n) is 6.26. The molecule has 0 unspecified atom stereocenters. The fraction of sp³-hybridized carbons (Fsp3) is 0.167. The molecule has 0 atom stereocenters. The first-order chi connectivity index (χ1) is 6.31. The molecular weight excluding hydrogens is 289 g/mol. The van der Waals surface area contributed by atoms with Crippen LogP contribution in [0.5, 0.6) is 5.75 Å². The van der Waals surface area contributed by atoms with Gasteiger partial charge in [0.2, 0.25) is 0 Å². The van der Waals surface area contributed by atoms with Crippen LogP contribution in [0.1, 0.15) is 9.67 Å². The van der Waals surface area contributed by atoms with Crippen LogP contribution in [-0.2, 0) is 0 Å². The molecule has 0 saturated carbocycles. The van der Waals surface area contributed by atoms with Gasteiger partial charge in [-0.2, -0.15) is 0 Å². The minimum Gasteiger partial charge on any atom is -0.477 e. The maximum Gasteiger partial charge on any atom is 0.573 e. The van der Waals surface area contributed by atoms with Gasteiger partial charge in [-0.3, -0.25) is 0 Å². The summed E-state index contributed by atoms with van der Waals surface area (Å²) in [5.74, 6) is -2.17. The van der Waals surface area contributed by atoms with Gasteiger partial charge in [0.15, 0.2) is 10.6 Å². The predicted molar refractivity (Wildman–Crippen MR) is 45.7 cm³/mol.